The van der Waals surface area contributed by atoms with E-state index in [1.165, 1.54) is 0 Å². The molecule has 15 nitrogen and oxygen atoms in total. The van der Waals surface area contributed by atoms with Crippen LogP contribution in [0.25, 0.3) is 0 Å². The summed E-state index contributed by atoms with van der Waals surface area (Å²) in [6, 6.07) is 0. The first kappa shape index (κ1) is 35.8. The molecule has 0 unspecified atom stereocenters. The second kappa shape index (κ2) is 14.9. The molecule has 0 rings (SSSR count). The van der Waals surface area contributed by atoms with Crippen LogP contribution in [0.4, 0.5) is 0 Å². The molecule has 0 bridgehead atoms. The Bertz CT molecular complexity index is 358. The van der Waals surface area contributed by atoms with Crippen molar-refractivity contribution in [2.75, 3.05) is 0 Å². The van der Waals surface area contributed by atoms with Gasteiger partial charge in [0.2, 0.25) is 0 Å². The van der Waals surface area contributed by atoms with Crippen molar-refractivity contribution >= 4 is 134 Å². The van der Waals surface area contributed by atoms with Crippen molar-refractivity contribution in [1.29, 1.82) is 0 Å². The Morgan fingerprint density at radius 3 is 0.571 bits per heavy atom. The second-order valence-electron chi connectivity index (χ2n) is 2.09. The second-order valence-corrected chi connectivity index (χ2v) is 6.76. The maximum absolute atomic E-state index is 9.63. The van der Waals surface area contributed by atoms with Gasteiger partial charge in [-0.2, -0.15) is 4.31 Å². The normalized spacial score (nSPS) is 11.5. The van der Waals surface area contributed by atoms with Crippen LogP contribution in [-0.4, -0.2) is 152 Å². The fourth-order valence-electron chi connectivity index (χ4n) is 0.139. The molecule has 0 amide bonds. The molecule has 0 aliphatic heterocycles. The van der Waals surface area contributed by atoms with Gasteiger partial charge in [-0.25, -0.2) is 18.3 Å². The van der Waals surface area contributed by atoms with E-state index in [2.05, 4.69) is 4.31 Å². The molecular formula is H10K2O15P4. The van der Waals surface area contributed by atoms with E-state index in [0.29, 0.717) is 0 Å². The van der Waals surface area contributed by atoms with Crippen molar-refractivity contribution in [3.63, 3.8) is 0 Å². The summed E-state index contributed by atoms with van der Waals surface area (Å²) in [5, 5.41) is 0. The van der Waals surface area contributed by atoms with Crippen LogP contribution in [-0.2, 0) is 22.6 Å². The molecule has 0 aromatic carbocycles. The molecule has 0 aromatic rings. The molecule has 0 aliphatic rings. The topological polar surface area (TPSA) is 280 Å². The van der Waals surface area contributed by atoms with Crippen LogP contribution >= 0.6 is 31.3 Å². The minimum atomic E-state index is -5.05. The van der Waals surface area contributed by atoms with Gasteiger partial charge in [-0.15, -0.1) is 0 Å². The smallest absolute Gasteiger partial charge is 0.303 e. The summed E-state index contributed by atoms with van der Waals surface area (Å²) in [6.45, 7) is 0. The van der Waals surface area contributed by atoms with Crippen molar-refractivity contribution in [2.24, 2.45) is 0 Å². The van der Waals surface area contributed by atoms with E-state index in [-0.39, 0.29) is 103 Å². The molecule has 2 radical (unpaired) electrons. The predicted molar refractivity (Wildman–Crippen MR) is 65.2 cm³/mol. The van der Waals surface area contributed by atoms with Gasteiger partial charge < -0.3 is 48.9 Å². The maximum Gasteiger partial charge on any atom is 0.478 e. The van der Waals surface area contributed by atoms with Crippen LogP contribution in [0.5, 0.6) is 0 Å². The third kappa shape index (κ3) is 118. The van der Waals surface area contributed by atoms with Crippen LogP contribution in [0.15, 0.2) is 0 Å². The molecule has 0 aliphatic carbocycles. The summed E-state index contributed by atoms with van der Waals surface area (Å²) in [7, 11) is -19.4. The number of phosphoric acid groups is 4. The molecule has 0 saturated heterocycles. The van der Waals surface area contributed by atoms with Gasteiger partial charge in [-0.1, -0.05) is 0 Å². The molecule has 122 valence electrons. The monoisotopic (exact) mass is 452 g/mol. The zero-order valence-corrected chi connectivity index (χ0v) is 20.1. The van der Waals surface area contributed by atoms with E-state index in [1.807, 2.05) is 0 Å². The largest absolute Gasteiger partial charge is 0.478 e. The molecule has 21 heteroatoms. The van der Waals surface area contributed by atoms with E-state index in [0.717, 1.165) is 0 Å². The molecule has 21 heavy (non-hydrogen) atoms. The van der Waals surface area contributed by atoms with Crippen molar-refractivity contribution in [3.8, 4) is 0 Å². The zero-order chi connectivity index (χ0) is 16.7. The first-order chi connectivity index (χ1) is 7.71. The Morgan fingerprint density at radius 2 is 0.571 bits per heavy atom. The van der Waals surface area contributed by atoms with Gasteiger partial charge in [0.1, 0.15) is 0 Å². The van der Waals surface area contributed by atoms with Crippen LogP contribution in [0.2, 0.25) is 0 Å². The Balaban J connectivity index is -0.0000000622. The minimum absolute atomic E-state index is 0. The van der Waals surface area contributed by atoms with Crippen molar-refractivity contribution < 1.29 is 71.5 Å². The Hall–Kier alpha value is 3.75. The van der Waals surface area contributed by atoms with E-state index in [1.54, 1.807) is 0 Å². The van der Waals surface area contributed by atoms with Crippen LogP contribution in [0, 0.1) is 0 Å². The van der Waals surface area contributed by atoms with Crippen LogP contribution < -0.4 is 0 Å². The summed E-state index contributed by atoms with van der Waals surface area (Å²) in [6.07, 6.45) is 0. The van der Waals surface area contributed by atoms with Gasteiger partial charge in [0.25, 0.3) is 0 Å². The molecule has 0 saturated carbocycles. The molecular weight excluding hydrogens is 442 g/mol. The van der Waals surface area contributed by atoms with Gasteiger partial charge in [0.15, 0.2) is 0 Å². The zero-order valence-electron chi connectivity index (χ0n) is 10.3. The van der Waals surface area contributed by atoms with Crippen LogP contribution in [0.1, 0.15) is 0 Å². The SMILES string of the molecule is O=P(O)(O)O.O=P(O)(O)O.O=P(O)(O)OP(=O)(O)O.[K].[K]. The quantitative estimate of drug-likeness (QED) is 0.144. The molecule has 0 aromatic heterocycles. The van der Waals surface area contributed by atoms with Gasteiger partial charge in [0, 0.05) is 103 Å². The third-order valence-electron chi connectivity index (χ3n) is 0.213. The van der Waals surface area contributed by atoms with Crippen LogP contribution in [0.3, 0.4) is 0 Å². The van der Waals surface area contributed by atoms with E-state index < -0.39 is 31.3 Å². The number of hydrogen-bond donors (Lipinski definition) is 10. The van der Waals surface area contributed by atoms with Gasteiger partial charge in [-0.3, -0.25) is 0 Å². The standard InChI is InChI=1S/2K.H4O7P2.2H3O4P/c;;1-8(2,3)7-9(4,5)6;2*1-5(2,3)4/h;;(H2,1,2,3)(H2,4,5,6);2*(H3,1,2,3,4). The third-order valence-corrected chi connectivity index (χ3v) is 1.91. The predicted octanol–water partition coefficient (Wildman–Crippen LogP) is -3.43. The Morgan fingerprint density at radius 1 is 0.476 bits per heavy atom. The molecule has 10 N–H and O–H groups in total. The van der Waals surface area contributed by atoms with Gasteiger partial charge >= 0.3 is 31.3 Å². The molecule has 0 heterocycles. The summed E-state index contributed by atoms with van der Waals surface area (Å²) in [4.78, 5) is 74.1. The average Bonchev–Trinajstić information content (AvgIpc) is 1.63. The van der Waals surface area contributed by atoms with Gasteiger partial charge in [-0.05, 0) is 0 Å². The Labute approximate surface area is 201 Å². The maximum atomic E-state index is 9.63. The summed E-state index contributed by atoms with van der Waals surface area (Å²) >= 11 is 0. The molecule has 0 atom stereocenters. The van der Waals surface area contributed by atoms with E-state index >= 15 is 0 Å². The van der Waals surface area contributed by atoms with Crippen molar-refractivity contribution in [2.45, 2.75) is 0 Å². The average molecular weight is 452 g/mol. The van der Waals surface area contributed by atoms with Gasteiger partial charge in [0.05, 0.1) is 0 Å². The van der Waals surface area contributed by atoms with E-state index in [9.17, 15) is 9.13 Å². The molecule has 0 fully saturated rings. The summed E-state index contributed by atoms with van der Waals surface area (Å²) in [5.74, 6) is 0. The number of rotatable bonds is 2. The summed E-state index contributed by atoms with van der Waals surface area (Å²) < 4.78 is 40.0. The number of hydrogen-bond acceptors (Lipinski definition) is 5. The summed E-state index contributed by atoms with van der Waals surface area (Å²) in [5.41, 5.74) is 0. The first-order valence-corrected chi connectivity index (χ1v) is 9.29. The Kier molecular flexibility index (Phi) is 25.4. The van der Waals surface area contributed by atoms with Crippen molar-refractivity contribution in [3.05, 3.63) is 0 Å². The minimum Gasteiger partial charge on any atom is -0.303 e. The van der Waals surface area contributed by atoms with E-state index in [4.69, 9.17) is 58.1 Å². The molecule has 0 spiro atoms. The van der Waals surface area contributed by atoms with Crippen molar-refractivity contribution in [1.82, 2.24) is 0 Å². The fraction of sp³-hybridized carbons (Fsp3) is 0. The fourth-order valence-corrected chi connectivity index (χ4v) is 1.25. The first-order valence-electron chi connectivity index (χ1n) is 3.10.